The second-order valence-electron chi connectivity index (χ2n) is 9.49. The number of nitrogens with zero attached hydrogens (tertiary/aromatic N) is 2. The van der Waals surface area contributed by atoms with Crippen LogP contribution in [0.5, 0.6) is 0 Å². The first-order chi connectivity index (χ1) is 16.3. The van der Waals surface area contributed by atoms with Gasteiger partial charge in [0.2, 0.25) is 21.8 Å². The van der Waals surface area contributed by atoms with E-state index < -0.39 is 16.1 Å². The summed E-state index contributed by atoms with van der Waals surface area (Å²) < 4.78 is 26.3. The summed E-state index contributed by atoms with van der Waals surface area (Å²) in [6.45, 7) is 11.9. The molecule has 35 heavy (non-hydrogen) atoms. The Balaban J connectivity index is 2.20. The van der Waals surface area contributed by atoms with Crippen molar-refractivity contribution in [1.82, 2.24) is 10.2 Å². The van der Waals surface area contributed by atoms with E-state index in [9.17, 15) is 18.0 Å². The Kier molecular flexibility index (Phi) is 9.89. The molecule has 0 heterocycles. The zero-order valence-corrected chi connectivity index (χ0v) is 22.8. The fraction of sp³-hybridized carbons (Fsp3) is 0.481. The molecule has 2 amide bonds. The van der Waals surface area contributed by atoms with Crippen LogP contribution >= 0.6 is 0 Å². The average molecular weight is 502 g/mol. The number of aryl methyl sites for hydroxylation is 3. The lowest BCUT2D eigenvalue weighted by molar-refractivity contribution is -0.140. The van der Waals surface area contributed by atoms with Crippen molar-refractivity contribution < 1.29 is 18.0 Å². The molecular formula is C27H39N3O4S. The molecule has 8 heteroatoms. The minimum Gasteiger partial charge on any atom is -0.352 e. The van der Waals surface area contributed by atoms with Gasteiger partial charge in [-0.05, 0) is 82.3 Å². The van der Waals surface area contributed by atoms with Crippen molar-refractivity contribution in [3.63, 3.8) is 0 Å². The summed E-state index contributed by atoms with van der Waals surface area (Å²) in [5.74, 6) is -0.400. The van der Waals surface area contributed by atoms with Gasteiger partial charge >= 0.3 is 0 Å². The Labute approximate surface area is 210 Å². The molecule has 0 saturated heterocycles. The molecule has 0 radical (unpaired) electrons. The van der Waals surface area contributed by atoms with E-state index in [-0.39, 0.29) is 30.8 Å². The predicted molar refractivity (Wildman–Crippen MR) is 142 cm³/mol. The zero-order chi connectivity index (χ0) is 26.3. The molecule has 0 fully saturated rings. The standard InChI is InChI=1S/C27H39N3O4S/c1-19(2)28-27(32)23(6)29(18-24-12-9-8-11-21(24)4)26(31)13-10-16-30(35(7,33)34)25-15-14-20(3)22(5)17-25/h8-9,11-12,14-15,17,19,23H,10,13,16,18H2,1-7H3,(H,28,32). The van der Waals surface area contributed by atoms with Crippen molar-refractivity contribution in [1.29, 1.82) is 0 Å². The molecule has 0 aromatic heterocycles. The molecule has 0 spiro atoms. The molecule has 192 valence electrons. The van der Waals surface area contributed by atoms with E-state index in [1.807, 2.05) is 71.0 Å². The number of carbonyl (C=O) groups excluding carboxylic acids is 2. The summed E-state index contributed by atoms with van der Waals surface area (Å²) in [7, 11) is -3.52. The fourth-order valence-corrected chi connectivity index (χ4v) is 4.80. The van der Waals surface area contributed by atoms with E-state index in [1.165, 1.54) is 10.6 Å². The van der Waals surface area contributed by atoms with Crippen LogP contribution in [0.2, 0.25) is 0 Å². The third-order valence-electron chi connectivity index (χ3n) is 6.13. The number of hydrogen-bond acceptors (Lipinski definition) is 4. The Morgan fingerprint density at radius 2 is 1.60 bits per heavy atom. The van der Waals surface area contributed by atoms with E-state index in [0.29, 0.717) is 18.7 Å². The number of nitrogens with one attached hydrogen (secondary N) is 1. The summed E-state index contributed by atoms with van der Waals surface area (Å²) >= 11 is 0. The van der Waals surface area contributed by atoms with Gasteiger partial charge in [0.25, 0.3) is 0 Å². The summed E-state index contributed by atoms with van der Waals surface area (Å²) in [5, 5.41) is 2.88. The molecule has 0 bridgehead atoms. The second-order valence-corrected chi connectivity index (χ2v) is 11.4. The largest absolute Gasteiger partial charge is 0.352 e. The van der Waals surface area contributed by atoms with Gasteiger partial charge in [-0.3, -0.25) is 13.9 Å². The van der Waals surface area contributed by atoms with E-state index in [4.69, 9.17) is 0 Å². The van der Waals surface area contributed by atoms with Crippen LogP contribution in [0.3, 0.4) is 0 Å². The highest BCUT2D eigenvalue weighted by Crippen LogP contribution is 2.22. The van der Waals surface area contributed by atoms with Gasteiger partial charge < -0.3 is 10.2 Å². The molecule has 0 saturated carbocycles. The van der Waals surface area contributed by atoms with Crippen molar-refractivity contribution in [3.05, 3.63) is 64.7 Å². The van der Waals surface area contributed by atoms with Gasteiger partial charge in [-0.25, -0.2) is 8.42 Å². The molecule has 0 aliphatic carbocycles. The first kappa shape index (κ1) is 28.4. The Morgan fingerprint density at radius 1 is 0.943 bits per heavy atom. The highest BCUT2D eigenvalue weighted by molar-refractivity contribution is 7.92. The summed E-state index contributed by atoms with van der Waals surface area (Å²) in [5.41, 5.74) is 4.68. The monoisotopic (exact) mass is 501 g/mol. The molecule has 1 unspecified atom stereocenters. The van der Waals surface area contributed by atoms with Gasteiger partial charge in [-0.15, -0.1) is 0 Å². The molecule has 2 rings (SSSR count). The maximum atomic E-state index is 13.3. The molecule has 0 aliphatic rings. The lowest BCUT2D eigenvalue weighted by Gasteiger charge is -2.30. The minimum atomic E-state index is -3.52. The van der Waals surface area contributed by atoms with Crippen molar-refractivity contribution in [2.45, 2.75) is 73.0 Å². The SMILES string of the molecule is Cc1ccc(N(CCCC(=O)N(Cc2ccccc2C)C(C)C(=O)NC(C)C)S(C)(=O)=O)cc1C. The summed E-state index contributed by atoms with van der Waals surface area (Å²) in [6.07, 6.45) is 1.64. The number of benzene rings is 2. The van der Waals surface area contributed by atoms with Gasteiger partial charge in [-0.1, -0.05) is 30.3 Å². The van der Waals surface area contributed by atoms with Crippen LogP contribution in [0.15, 0.2) is 42.5 Å². The molecule has 2 aromatic rings. The number of anilines is 1. The van der Waals surface area contributed by atoms with Crippen molar-refractivity contribution >= 4 is 27.5 Å². The van der Waals surface area contributed by atoms with Crippen LogP contribution in [0.4, 0.5) is 5.69 Å². The Morgan fingerprint density at radius 3 is 2.17 bits per heavy atom. The average Bonchev–Trinajstić information content (AvgIpc) is 2.76. The van der Waals surface area contributed by atoms with Gasteiger partial charge in [0.05, 0.1) is 11.9 Å². The van der Waals surface area contributed by atoms with Gasteiger partial charge in [-0.2, -0.15) is 0 Å². The van der Waals surface area contributed by atoms with Crippen molar-refractivity contribution in [2.75, 3.05) is 17.1 Å². The zero-order valence-electron chi connectivity index (χ0n) is 22.0. The van der Waals surface area contributed by atoms with E-state index in [2.05, 4.69) is 5.32 Å². The molecule has 7 nitrogen and oxygen atoms in total. The predicted octanol–water partition coefficient (Wildman–Crippen LogP) is 4.10. The number of amides is 2. The highest BCUT2D eigenvalue weighted by atomic mass is 32.2. The van der Waals surface area contributed by atoms with Gasteiger partial charge in [0, 0.05) is 25.6 Å². The van der Waals surface area contributed by atoms with Crippen molar-refractivity contribution in [3.8, 4) is 0 Å². The quantitative estimate of drug-likeness (QED) is 0.502. The first-order valence-electron chi connectivity index (χ1n) is 12.0. The first-order valence-corrected chi connectivity index (χ1v) is 13.9. The smallest absolute Gasteiger partial charge is 0.242 e. The second kappa shape index (κ2) is 12.2. The lowest BCUT2D eigenvalue weighted by Crippen LogP contribution is -2.49. The number of hydrogen-bond donors (Lipinski definition) is 1. The lowest BCUT2D eigenvalue weighted by atomic mass is 10.1. The molecule has 1 atom stereocenters. The van der Waals surface area contributed by atoms with Crippen LogP contribution in [-0.4, -0.2) is 50.0 Å². The Bertz CT molecular complexity index is 1140. The maximum absolute atomic E-state index is 13.3. The number of sulfonamides is 1. The molecule has 1 N–H and O–H groups in total. The molecular weight excluding hydrogens is 462 g/mol. The molecule has 2 aromatic carbocycles. The van der Waals surface area contributed by atoms with Crippen molar-refractivity contribution in [2.24, 2.45) is 0 Å². The fourth-order valence-electron chi connectivity index (χ4n) is 3.84. The molecule has 0 aliphatic heterocycles. The van der Waals surface area contributed by atoms with Crippen LogP contribution in [0, 0.1) is 20.8 Å². The van der Waals surface area contributed by atoms with Crippen LogP contribution in [0.25, 0.3) is 0 Å². The van der Waals surface area contributed by atoms with Crippen LogP contribution < -0.4 is 9.62 Å². The summed E-state index contributed by atoms with van der Waals surface area (Å²) in [4.78, 5) is 27.7. The van der Waals surface area contributed by atoms with E-state index in [0.717, 1.165) is 22.3 Å². The normalized spacial score (nSPS) is 12.3. The third-order valence-corrected chi connectivity index (χ3v) is 7.32. The van der Waals surface area contributed by atoms with Crippen LogP contribution in [-0.2, 0) is 26.2 Å². The number of rotatable bonds is 11. The maximum Gasteiger partial charge on any atom is 0.242 e. The van der Waals surface area contributed by atoms with Gasteiger partial charge in [0.1, 0.15) is 6.04 Å². The van der Waals surface area contributed by atoms with Crippen LogP contribution in [0.1, 0.15) is 55.9 Å². The minimum absolute atomic E-state index is 0.0401. The van der Waals surface area contributed by atoms with E-state index in [1.54, 1.807) is 17.9 Å². The Hall–Kier alpha value is -2.87. The number of carbonyl (C=O) groups is 2. The van der Waals surface area contributed by atoms with Gasteiger partial charge in [0.15, 0.2) is 0 Å². The third kappa shape index (κ3) is 8.09. The highest BCUT2D eigenvalue weighted by Gasteiger charge is 2.27. The summed E-state index contributed by atoms with van der Waals surface area (Å²) in [6, 6.07) is 12.6. The topological polar surface area (TPSA) is 86.8 Å². The van der Waals surface area contributed by atoms with E-state index >= 15 is 0 Å².